The van der Waals surface area contributed by atoms with Gasteiger partial charge in [-0.2, -0.15) is 0 Å². The minimum absolute atomic E-state index is 0.103. The first-order chi connectivity index (χ1) is 19.8. The lowest BCUT2D eigenvalue weighted by Gasteiger charge is -2.18. The summed E-state index contributed by atoms with van der Waals surface area (Å²) in [6.07, 6.45) is 11.2. The summed E-state index contributed by atoms with van der Waals surface area (Å²) >= 11 is 0. The number of benzene rings is 3. The summed E-state index contributed by atoms with van der Waals surface area (Å²) in [5.41, 5.74) is 15.6. The van der Waals surface area contributed by atoms with Gasteiger partial charge in [0.1, 0.15) is 5.82 Å². The highest BCUT2D eigenvalue weighted by Crippen LogP contribution is 2.43. The van der Waals surface area contributed by atoms with Crippen molar-refractivity contribution in [2.45, 2.75) is 105 Å². The van der Waals surface area contributed by atoms with Gasteiger partial charge in [0.05, 0.1) is 6.67 Å². The maximum atomic E-state index is 15.2. The SMILES string of the molecule is CCCC(C)CC.CCCCF.Cc1cccc(C2=C(c3ccc(C4CC4)cc3)c3ccc(N)cc3CCC2)c1F. The van der Waals surface area contributed by atoms with Crippen molar-refractivity contribution in [2.75, 3.05) is 12.4 Å². The molecular formula is C38H51F2N. The van der Waals surface area contributed by atoms with E-state index >= 15 is 4.39 Å². The maximum absolute atomic E-state index is 15.2. The van der Waals surface area contributed by atoms with Crippen LogP contribution in [-0.4, -0.2) is 6.67 Å². The fourth-order valence-corrected chi connectivity index (χ4v) is 5.46. The van der Waals surface area contributed by atoms with Crippen molar-refractivity contribution in [2.24, 2.45) is 5.92 Å². The van der Waals surface area contributed by atoms with Crippen LogP contribution >= 0.6 is 0 Å². The fraction of sp³-hybridized carbons (Fsp3) is 0.474. The monoisotopic (exact) mass is 559 g/mol. The smallest absolute Gasteiger partial charge is 0.133 e. The van der Waals surface area contributed by atoms with Crippen molar-refractivity contribution < 1.29 is 8.78 Å². The number of hydrogen-bond acceptors (Lipinski definition) is 1. The van der Waals surface area contributed by atoms with Crippen molar-refractivity contribution in [1.82, 2.24) is 0 Å². The highest BCUT2D eigenvalue weighted by Gasteiger charge is 2.25. The van der Waals surface area contributed by atoms with Gasteiger partial charge < -0.3 is 5.73 Å². The second-order valence-corrected chi connectivity index (χ2v) is 11.8. The highest BCUT2D eigenvalue weighted by molar-refractivity contribution is 6.00. The molecular weight excluding hydrogens is 508 g/mol. The lowest BCUT2D eigenvalue weighted by molar-refractivity contribution is 0.469. The summed E-state index contributed by atoms with van der Waals surface area (Å²) in [5, 5.41) is 0. The summed E-state index contributed by atoms with van der Waals surface area (Å²) in [4.78, 5) is 0. The molecule has 1 fully saturated rings. The molecule has 3 aromatic rings. The van der Waals surface area contributed by atoms with Crippen LogP contribution in [0.5, 0.6) is 0 Å². The standard InChI is InChI=1S/C27H26FN.C7H16.C4H9F/c1-17-4-2-7-25(27(17)28)24-6-3-5-21-16-22(29)14-15-23(21)26(24)20-12-10-19(11-13-20)18-8-9-18;1-4-6-7(3)5-2;1-2-3-4-5/h2,4,7,10-16,18H,3,5-6,8-9,29H2,1H3;7H,4-6H2,1-3H3;2-4H2,1H3. The summed E-state index contributed by atoms with van der Waals surface area (Å²) in [7, 11) is 0. The molecule has 2 aliphatic rings. The van der Waals surface area contributed by atoms with Gasteiger partial charge in [0.15, 0.2) is 0 Å². The molecule has 0 radical (unpaired) electrons. The van der Waals surface area contributed by atoms with E-state index < -0.39 is 0 Å². The minimum atomic E-state index is -0.156. The van der Waals surface area contributed by atoms with Crippen LogP contribution in [0, 0.1) is 18.7 Å². The zero-order chi connectivity index (χ0) is 29.8. The van der Waals surface area contributed by atoms with Crippen molar-refractivity contribution >= 4 is 16.8 Å². The molecule has 1 saturated carbocycles. The molecule has 1 atom stereocenters. The summed E-state index contributed by atoms with van der Waals surface area (Å²) in [6, 6.07) is 20.9. The predicted octanol–water partition coefficient (Wildman–Crippen LogP) is 11.5. The lowest BCUT2D eigenvalue weighted by atomic mass is 9.86. The molecule has 3 aromatic carbocycles. The van der Waals surface area contributed by atoms with Gasteiger partial charge in [-0.15, -0.1) is 0 Å². The second-order valence-electron chi connectivity index (χ2n) is 11.8. The normalized spacial score (nSPS) is 15.1. The van der Waals surface area contributed by atoms with E-state index in [2.05, 4.69) is 57.2 Å². The zero-order valence-corrected chi connectivity index (χ0v) is 26.0. The number of nitrogens with two attached hydrogens (primary N) is 1. The van der Waals surface area contributed by atoms with Crippen LogP contribution in [0.25, 0.3) is 11.1 Å². The number of alkyl halides is 1. The summed E-state index contributed by atoms with van der Waals surface area (Å²) in [5.74, 6) is 1.58. The molecule has 1 unspecified atom stereocenters. The summed E-state index contributed by atoms with van der Waals surface area (Å²) < 4.78 is 26.2. The van der Waals surface area contributed by atoms with Gasteiger partial charge in [0.2, 0.25) is 0 Å². The van der Waals surface area contributed by atoms with Crippen LogP contribution in [0.1, 0.15) is 125 Å². The first-order valence-electron chi connectivity index (χ1n) is 15.9. The van der Waals surface area contributed by atoms with Gasteiger partial charge in [0, 0.05) is 11.3 Å². The fourth-order valence-electron chi connectivity index (χ4n) is 5.46. The third-order valence-corrected chi connectivity index (χ3v) is 8.30. The molecule has 0 amide bonds. The Morgan fingerprint density at radius 3 is 2.20 bits per heavy atom. The van der Waals surface area contributed by atoms with Crippen molar-refractivity contribution in [3.63, 3.8) is 0 Å². The number of hydrogen-bond donors (Lipinski definition) is 1. The van der Waals surface area contributed by atoms with Gasteiger partial charge >= 0.3 is 0 Å². The molecule has 2 N–H and O–H groups in total. The third kappa shape index (κ3) is 9.28. The molecule has 5 rings (SSSR count). The van der Waals surface area contributed by atoms with E-state index in [0.717, 1.165) is 66.3 Å². The topological polar surface area (TPSA) is 26.0 Å². The van der Waals surface area contributed by atoms with E-state index in [4.69, 9.17) is 5.73 Å². The second kappa shape index (κ2) is 16.5. The Labute approximate surface area is 248 Å². The van der Waals surface area contributed by atoms with E-state index in [-0.39, 0.29) is 12.5 Å². The summed E-state index contributed by atoms with van der Waals surface area (Å²) in [6.45, 7) is 10.5. The Balaban J connectivity index is 0.000000327. The van der Waals surface area contributed by atoms with Crippen LogP contribution in [0.2, 0.25) is 0 Å². The first kappa shape index (κ1) is 32.6. The Morgan fingerprint density at radius 1 is 0.902 bits per heavy atom. The quantitative estimate of drug-likeness (QED) is 0.273. The van der Waals surface area contributed by atoms with Crippen molar-refractivity contribution in [1.29, 1.82) is 0 Å². The van der Waals surface area contributed by atoms with Crippen LogP contribution in [0.15, 0.2) is 60.7 Å². The molecule has 222 valence electrons. The number of unbranched alkanes of at least 4 members (excludes halogenated alkanes) is 1. The van der Waals surface area contributed by atoms with Gasteiger partial charge in [-0.1, -0.05) is 102 Å². The third-order valence-electron chi connectivity index (χ3n) is 8.30. The number of nitrogen functional groups attached to an aromatic ring is 1. The predicted molar refractivity (Wildman–Crippen MR) is 175 cm³/mol. The van der Waals surface area contributed by atoms with Gasteiger partial charge in [-0.25, -0.2) is 4.39 Å². The van der Waals surface area contributed by atoms with Crippen LogP contribution in [-0.2, 0) is 6.42 Å². The molecule has 0 heterocycles. The van der Waals surface area contributed by atoms with Crippen molar-refractivity contribution in [3.05, 3.63) is 99.9 Å². The average molecular weight is 560 g/mol. The van der Waals surface area contributed by atoms with Crippen LogP contribution < -0.4 is 5.73 Å². The molecule has 0 spiro atoms. The van der Waals surface area contributed by atoms with Gasteiger partial charge in [0.25, 0.3) is 0 Å². The maximum Gasteiger partial charge on any atom is 0.133 e. The Bertz CT molecular complexity index is 1250. The molecule has 3 heteroatoms. The van der Waals surface area contributed by atoms with Crippen LogP contribution in [0.4, 0.5) is 14.5 Å². The number of rotatable bonds is 8. The molecule has 41 heavy (non-hydrogen) atoms. The number of anilines is 1. The average Bonchev–Trinajstić information content (AvgIpc) is 3.83. The molecule has 0 aliphatic heterocycles. The largest absolute Gasteiger partial charge is 0.399 e. The number of halogens is 2. The van der Waals surface area contributed by atoms with E-state index in [1.165, 1.54) is 54.4 Å². The molecule has 0 aromatic heterocycles. The van der Waals surface area contributed by atoms with E-state index in [1.54, 1.807) is 0 Å². The Hall–Kier alpha value is -2.94. The van der Waals surface area contributed by atoms with Gasteiger partial charge in [-0.3, -0.25) is 4.39 Å². The molecule has 2 aliphatic carbocycles. The lowest BCUT2D eigenvalue weighted by Crippen LogP contribution is -1.99. The van der Waals surface area contributed by atoms with Gasteiger partial charge in [-0.05, 0) is 108 Å². The zero-order valence-electron chi connectivity index (χ0n) is 26.0. The van der Waals surface area contributed by atoms with E-state index in [0.29, 0.717) is 5.56 Å². The van der Waals surface area contributed by atoms with E-state index in [9.17, 15) is 4.39 Å². The number of fused-ring (bicyclic) bond motifs is 1. The molecule has 0 saturated heterocycles. The molecule has 0 bridgehead atoms. The Morgan fingerprint density at radius 2 is 1.63 bits per heavy atom. The number of aryl methyl sites for hydroxylation is 2. The molecule has 1 nitrogen and oxygen atoms in total. The Kier molecular flexibility index (Phi) is 13.1. The van der Waals surface area contributed by atoms with E-state index in [1.807, 2.05) is 38.1 Å². The van der Waals surface area contributed by atoms with Crippen molar-refractivity contribution in [3.8, 4) is 0 Å². The number of allylic oxidation sites excluding steroid dienone is 1. The highest BCUT2D eigenvalue weighted by atomic mass is 19.1. The van der Waals surface area contributed by atoms with Crippen LogP contribution in [0.3, 0.4) is 0 Å². The minimum Gasteiger partial charge on any atom is -0.399 e. The first-order valence-corrected chi connectivity index (χ1v) is 15.9.